The highest BCUT2D eigenvalue weighted by Crippen LogP contribution is 2.24. The first-order valence-electron chi connectivity index (χ1n) is 9.05. The summed E-state index contributed by atoms with van der Waals surface area (Å²) in [5.74, 6) is 1.17. The lowest BCUT2D eigenvalue weighted by atomic mass is 10.1. The zero-order valence-corrected chi connectivity index (χ0v) is 16.7. The number of methoxy groups -OCH3 is 2. The van der Waals surface area contributed by atoms with Gasteiger partial charge in [-0.1, -0.05) is 23.7 Å². The van der Waals surface area contributed by atoms with Gasteiger partial charge < -0.3 is 19.3 Å². The lowest BCUT2D eigenvalue weighted by Gasteiger charge is -2.35. The van der Waals surface area contributed by atoms with Crippen LogP contribution >= 0.6 is 11.6 Å². The lowest BCUT2D eigenvalue weighted by Crippen LogP contribution is -2.51. The summed E-state index contributed by atoms with van der Waals surface area (Å²) < 4.78 is 10.4. The van der Waals surface area contributed by atoms with Crippen molar-refractivity contribution in [2.75, 3.05) is 40.4 Å². The fourth-order valence-electron chi connectivity index (χ4n) is 3.21. The molecule has 6 nitrogen and oxygen atoms in total. The Morgan fingerprint density at radius 2 is 1.57 bits per heavy atom. The zero-order chi connectivity index (χ0) is 20.1. The number of amides is 2. The number of halogens is 1. The number of benzene rings is 2. The summed E-state index contributed by atoms with van der Waals surface area (Å²) in [7, 11) is 3.13. The van der Waals surface area contributed by atoms with Crippen molar-refractivity contribution >= 4 is 23.4 Å². The van der Waals surface area contributed by atoms with Crippen molar-refractivity contribution in [3.63, 3.8) is 0 Å². The van der Waals surface area contributed by atoms with Gasteiger partial charge in [0.05, 0.1) is 26.2 Å². The van der Waals surface area contributed by atoms with Crippen LogP contribution in [0.3, 0.4) is 0 Å². The Balaban J connectivity index is 1.58. The number of carbonyl (C=O) groups is 2. The number of nitrogens with zero attached hydrogens (tertiary/aromatic N) is 2. The molecule has 0 N–H and O–H groups in total. The quantitative estimate of drug-likeness (QED) is 0.771. The first kappa shape index (κ1) is 20.0. The van der Waals surface area contributed by atoms with Gasteiger partial charge in [-0.2, -0.15) is 0 Å². The van der Waals surface area contributed by atoms with E-state index in [9.17, 15) is 9.59 Å². The number of hydrogen-bond donors (Lipinski definition) is 0. The summed E-state index contributed by atoms with van der Waals surface area (Å²) in [6, 6.07) is 12.5. The van der Waals surface area contributed by atoms with Crippen LogP contribution in [0.5, 0.6) is 11.5 Å². The largest absolute Gasteiger partial charge is 0.497 e. The number of piperazine rings is 1. The van der Waals surface area contributed by atoms with E-state index < -0.39 is 0 Å². The molecule has 0 unspecified atom stereocenters. The lowest BCUT2D eigenvalue weighted by molar-refractivity contribution is -0.131. The molecule has 7 heteroatoms. The molecule has 0 atom stereocenters. The second-order valence-electron chi connectivity index (χ2n) is 6.54. The number of ether oxygens (including phenoxy) is 2. The van der Waals surface area contributed by atoms with Gasteiger partial charge in [0.2, 0.25) is 5.91 Å². The van der Waals surface area contributed by atoms with Crippen LogP contribution in [-0.2, 0) is 11.2 Å². The van der Waals surface area contributed by atoms with Crippen LogP contribution < -0.4 is 9.47 Å². The Labute approximate surface area is 169 Å². The molecular weight excluding hydrogens is 380 g/mol. The second-order valence-corrected chi connectivity index (χ2v) is 6.98. The second kappa shape index (κ2) is 8.97. The van der Waals surface area contributed by atoms with Gasteiger partial charge in [-0.3, -0.25) is 9.59 Å². The summed E-state index contributed by atoms with van der Waals surface area (Å²) in [6.45, 7) is 1.96. The minimum Gasteiger partial charge on any atom is -0.497 e. The van der Waals surface area contributed by atoms with E-state index in [2.05, 4.69) is 0 Å². The standard InChI is InChI=1S/C21H23ClN2O4/c1-27-17-6-3-15(4-7-17)13-20(25)23-9-11-24(12-10-23)21(26)18-14-16(22)5-8-19(18)28-2/h3-8,14H,9-13H2,1-2H3. The third-order valence-corrected chi connectivity index (χ3v) is 5.06. The van der Waals surface area contributed by atoms with Crippen LogP contribution in [0, 0.1) is 0 Å². The van der Waals surface area contributed by atoms with Crippen LogP contribution in [0.2, 0.25) is 5.02 Å². The van der Waals surface area contributed by atoms with E-state index in [4.69, 9.17) is 21.1 Å². The summed E-state index contributed by atoms with van der Waals surface area (Å²) in [5.41, 5.74) is 1.38. The van der Waals surface area contributed by atoms with E-state index in [-0.39, 0.29) is 11.8 Å². The van der Waals surface area contributed by atoms with E-state index in [1.165, 1.54) is 7.11 Å². The fourth-order valence-corrected chi connectivity index (χ4v) is 3.38. The minimum atomic E-state index is -0.137. The smallest absolute Gasteiger partial charge is 0.257 e. The van der Waals surface area contributed by atoms with Crippen molar-refractivity contribution in [1.82, 2.24) is 9.80 Å². The molecule has 1 heterocycles. The number of rotatable bonds is 5. The predicted octanol–water partition coefficient (Wildman–Crippen LogP) is 2.88. The summed E-state index contributed by atoms with van der Waals surface area (Å²) >= 11 is 6.03. The number of hydrogen-bond acceptors (Lipinski definition) is 4. The summed E-state index contributed by atoms with van der Waals surface area (Å²) in [5, 5.41) is 0.484. The molecule has 2 aromatic rings. The molecule has 28 heavy (non-hydrogen) atoms. The third-order valence-electron chi connectivity index (χ3n) is 4.83. The van der Waals surface area contributed by atoms with E-state index >= 15 is 0 Å². The fraction of sp³-hybridized carbons (Fsp3) is 0.333. The van der Waals surface area contributed by atoms with Crippen LogP contribution in [0.15, 0.2) is 42.5 Å². The molecule has 2 aromatic carbocycles. The molecule has 1 aliphatic rings. The van der Waals surface area contributed by atoms with Gasteiger partial charge in [-0.15, -0.1) is 0 Å². The normalized spacial score (nSPS) is 14.0. The Kier molecular flexibility index (Phi) is 6.41. The van der Waals surface area contributed by atoms with Crippen molar-refractivity contribution in [2.24, 2.45) is 0 Å². The van der Waals surface area contributed by atoms with Crippen LogP contribution in [-0.4, -0.2) is 62.0 Å². The molecule has 3 rings (SSSR count). The molecule has 1 saturated heterocycles. The monoisotopic (exact) mass is 402 g/mol. The van der Waals surface area contributed by atoms with Gasteiger partial charge in [0.25, 0.3) is 5.91 Å². The van der Waals surface area contributed by atoms with E-state index in [1.807, 2.05) is 24.3 Å². The zero-order valence-electron chi connectivity index (χ0n) is 16.0. The predicted molar refractivity (Wildman–Crippen MR) is 107 cm³/mol. The summed E-state index contributed by atoms with van der Waals surface area (Å²) in [6.07, 6.45) is 0.333. The van der Waals surface area contributed by atoms with Gasteiger partial charge in [-0.05, 0) is 35.9 Å². The molecule has 148 valence electrons. The third kappa shape index (κ3) is 4.57. The first-order chi connectivity index (χ1) is 13.5. The van der Waals surface area contributed by atoms with Gasteiger partial charge in [0.15, 0.2) is 0 Å². The SMILES string of the molecule is COc1ccc(CC(=O)N2CCN(C(=O)c3cc(Cl)ccc3OC)CC2)cc1. The average Bonchev–Trinajstić information content (AvgIpc) is 2.73. The highest BCUT2D eigenvalue weighted by Gasteiger charge is 2.26. The van der Waals surface area contributed by atoms with Crippen LogP contribution in [0.1, 0.15) is 15.9 Å². The van der Waals surface area contributed by atoms with Crippen molar-refractivity contribution in [3.05, 3.63) is 58.6 Å². The Bertz CT molecular complexity index is 846. The minimum absolute atomic E-state index is 0.0533. The van der Waals surface area contributed by atoms with Gasteiger partial charge in [0, 0.05) is 31.2 Å². The molecule has 2 amide bonds. The molecule has 0 spiro atoms. The van der Waals surface area contributed by atoms with E-state index in [1.54, 1.807) is 35.1 Å². The van der Waals surface area contributed by atoms with Gasteiger partial charge in [-0.25, -0.2) is 0 Å². The summed E-state index contributed by atoms with van der Waals surface area (Å²) in [4.78, 5) is 28.9. The maximum absolute atomic E-state index is 12.8. The topological polar surface area (TPSA) is 59.1 Å². The first-order valence-corrected chi connectivity index (χ1v) is 9.43. The molecule has 0 aliphatic carbocycles. The molecule has 0 aromatic heterocycles. The van der Waals surface area contributed by atoms with Crippen molar-refractivity contribution in [3.8, 4) is 11.5 Å². The highest BCUT2D eigenvalue weighted by molar-refractivity contribution is 6.31. The Hall–Kier alpha value is -2.73. The molecule has 1 aliphatic heterocycles. The molecule has 0 saturated carbocycles. The van der Waals surface area contributed by atoms with Crippen LogP contribution in [0.25, 0.3) is 0 Å². The van der Waals surface area contributed by atoms with E-state index in [0.29, 0.717) is 48.9 Å². The molecule has 1 fully saturated rings. The van der Waals surface area contributed by atoms with Crippen LogP contribution in [0.4, 0.5) is 0 Å². The average molecular weight is 403 g/mol. The highest BCUT2D eigenvalue weighted by atomic mass is 35.5. The van der Waals surface area contributed by atoms with Gasteiger partial charge >= 0.3 is 0 Å². The van der Waals surface area contributed by atoms with Crippen molar-refractivity contribution < 1.29 is 19.1 Å². The number of carbonyl (C=O) groups excluding carboxylic acids is 2. The van der Waals surface area contributed by atoms with Gasteiger partial charge in [0.1, 0.15) is 11.5 Å². The Morgan fingerprint density at radius 3 is 2.18 bits per heavy atom. The van der Waals surface area contributed by atoms with Crippen molar-refractivity contribution in [2.45, 2.75) is 6.42 Å². The molecule has 0 bridgehead atoms. The molecule has 0 radical (unpaired) electrons. The van der Waals surface area contributed by atoms with Crippen molar-refractivity contribution in [1.29, 1.82) is 0 Å². The van der Waals surface area contributed by atoms with E-state index in [0.717, 1.165) is 11.3 Å². The maximum atomic E-state index is 12.8. The Morgan fingerprint density at radius 1 is 0.929 bits per heavy atom. The maximum Gasteiger partial charge on any atom is 0.257 e. The molecular formula is C21H23ClN2O4.